The summed E-state index contributed by atoms with van der Waals surface area (Å²) >= 11 is 0. The minimum absolute atomic E-state index is 0.179. The van der Waals surface area contributed by atoms with Gasteiger partial charge in [-0.25, -0.2) is 4.98 Å². The average molecular weight is 376 g/mol. The Morgan fingerprint density at radius 1 is 0.857 bits per heavy atom. The minimum Gasteiger partial charge on any atom is -0.343 e. The van der Waals surface area contributed by atoms with Crippen LogP contribution >= 0.6 is 0 Å². The topological polar surface area (TPSA) is 100 Å². The number of hydrazine groups is 1. The third-order valence-corrected chi connectivity index (χ3v) is 4.04. The molecule has 28 heavy (non-hydrogen) atoms. The number of pyridine rings is 1. The van der Waals surface area contributed by atoms with Gasteiger partial charge in [0.2, 0.25) is 0 Å². The molecule has 2 aromatic carbocycles. The Morgan fingerprint density at radius 3 is 2.32 bits per heavy atom. The van der Waals surface area contributed by atoms with E-state index in [1.807, 2.05) is 38.1 Å². The van der Waals surface area contributed by atoms with E-state index in [2.05, 4.69) is 21.2 Å². The lowest BCUT2D eigenvalue weighted by Gasteiger charge is -2.09. The molecule has 0 aliphatic carbocycles. The highest BCUT2D eigenvalue weighted by Crippen LogP contribution is 2.11. The fourth-order valence-electron chi connectivity index (χ4n) is 2.80. The summed E-state index contributed by atoms with van der Waals surface area (Å²) in [6, 6.07) is 16.2. The predicted octanol–water partition coefficient (Wildman–Crippen LogP) is 2.04. The predicted molar refractivity (Wildman–Crippen MR) is 106 cm³/mol. The van der Waals surface area contributed by atoms with E-state index < -0.39 is 11.8 Å². The van der Waals surface area contributed by atoms with Crippen molar-refractivity contribution in [3.63, 3.8) is 0 Å². The van der Waals surface area contributed by atoms with Gasteiger partial charge in [-0.05, 0) is 38.1 Å². The van der Waals surface area contributed by atoms with Crippen molar-refractivity contribution in [2.75, 3.05) is 6.54 Å². The van der Waals surface area contributed by atoms with Gasteiger partial charge in [0.05, 0.1) is 12.1 Å². The van der Waals surface area contributed by atoms with Crippen LogP contribution in [-0.2, 0) is 4.79 Å². The van der Waals surface area contributed by atoms with Crippen LogP contribution in [-0.4, -0.2) is 29.3 Å². The molecule has 0 aliphatic rings. The van der Waals surface area contributed by atoms with Gasteiger partial charge in [-0.3, -0.25) is 25.2 Å². The first-order valence-corrected chi connectivity index (χ1v) is 8.74. The Kier molecular flexibility index (Phi) is 5.64. The van der Waals surface area contributed by atoms with Gasteiger partial charge in [-0.15, -0.1) is 0 Å². The molecule has 0 saturated carbocycles. The molecule has 0 atom stereocenters. The highest BCUT2D eigenvalue weighted by atomic mass is 16.2. The Morgan fingerprint density at radius 2 is 1.57 bits per heavy atom. The van der Waals surface area contributed by atoms with Crippen LogP contribution in [0.4, 0.5) is 0 Å². The molecule has 3 aromatic rings. The van der Waals surface area contributed by atoms with Gasteiger partial charge < -0.3 is 5.32 Å². The van der Waals surface area contributed by atoms with Crippen LogP contribution in [0.3, 0.4) is 0 Å². The number of nitrogens with zero attached hydrogens (tertiary/aromatic N) is 1. The number of aromatic nitrogens is 1. The van der Waals surface area contributed by atoms with Crippen LogP contribution < -0.4 is 16.2 Å². The molecule has 7 nitrogen and oxygen atoms in total. The Hall–Kier alpha value is -3.74. The zero-order chi connectivity index (χ0) is 20.1. The maximum atomic E-state index is 12.2. The normalized spacial score (nSPS) is 10.4. The summed E-state index contributed by atoms with van der Waals surface area (Å²) in [5.74, 6) is -1.45. The van der Waals surface area contributed by atoms with Crippen LogP contribution in [0.15, 0.2) is 54.6 Å². The molecule has 0 aliphatic heterocycles. The molecule has 3 rings (SSSR count). The van der Waals surface area contributed by atoms with Crippen LogP contribution in [0.5, 0.6) is 0 Å². The van der Waals surface area contributed by atoms with Crippen molar-refractivity contribution in [2.45, 2.75) is 13.8 Å². The van der Waals surface area contributed by atoms with Gasteiger partial charge in [0.1, 0.15) is 5.69 Å². The van der Waals surface area contributed by atoms with E-state index in [9.17, 15) is 14.4 Å². The summed E-state index contributed by atoms with van der Waals surface area (Å²) in [4.78, 5) is 40.5. The van der Waals surface area contributed by atoms with Crippen LogP contribution in [0.2, 0.25) is 0 Å². The molecule has 0 spiro atoms. The zero-order valence-electron chi connectivity index (χ0n) is 15.6. The maximum absolute atomic E-state index is 12.2. The first-order chi connectivity index (χ1) is 13.4. The monoisotopic (exact) mass is 376 g/mol. The quantitative estimate of drug-likeness (QED) is 0.607. The van der Waals surface area contributed by atoms with E-state index in [4.69, 9.17) is 0 Å². The van der Waals surface area contributed by atoms with E-state index in [0.717, 1.165) is 16.5 Å². The van der Waals surface area contributed by atoms with E-state index in [1.54, 1.807) is 30.3 Å². The van der Waals surface area contributed by atoms with Gasteiger partial charge >= 0.3 is 0 Å². The third kappa shape index (κ3) is 4.70. The molecule has 3 amide bonds. The van der Waals surface area contributed by atoms with Crippen molar-refractivity contribution < 1.29 is 14.4 Å². The number of rotatable bonds is 4. The van der Waals surface area contributed by atoms with Crippen molar-refractivity contribution in [2.24, 2.45) is 0 Å². The summed E-state index contributed by atoms with van der Waals surface area (Å²) in [6.45, 7) is 3.52. The maximum Gasteiger partial charge on any atom is 0.288 e. The summed E-state index contributed by atoms with van der Waals surface area (Å²) in [6.07, 6.45) is 0. The van der Waals surface area contributed by atoms with Gasteiger partial charge in [0.25, 0.3) is 17.7 Å². The lowest BCUT2D eigenvalue weighted by atomic mass is 10.1. The van der Waals surface area contributed by atoms with E-state index in [1.165, 1.54) is 0 Å². The molecular weight excluding hydrogens is 356 g/mol. The van der Waals surface area contributed by atoms with E-state index >= 15 is 0 Å². The van der Waals surface area contributed by atoms with E-state index in [0.29, 0.717) is 11.1 Å². The number of hydrogen-bond donors (Lipinski definition) is 3. The van der Waals surface area contributed by atoms with Crippen molar-refractivity contribution in [3.05, 3.63) is 77.0 Å². The number of para-hydroxylation sites is 1. The highest BCUT2D eigenvalue weighted by Gasteiger charge is 2.11. The molecule has 0 bridgehead atoms. The first-order valence-electron chi connectivity index (χ1n) is 8.74. The summed E-state index contributed by atoms with van der Waals surface area (Å²) in [5.41, 5.74) is 7.83. The number of nitrogens with one attached hydrogen (secondary N) is 3. The molecule has 1 heterocycles. The SMILES string of the molecule is Cc1cc(C)cc(C(=O)NCC(=O)NNC(=O)c2ccc3ccccc3n2)c1. The Bertz CT molecular complexity index is 1040. The highest BCUT2D eigenvalue weighted by molar-refractivity contribution is 5.98. The van der Waals surface area contributed by atoms with Crippen molar-refractivity contribution in [1.29, 1.82) is 0 Å². The number of benzene rings is 2. The number of amides is 3. The molecule has 7 heteroatoms. The van der Waals surface area contributed by atoms with Gasteiger partial charge in [-0.1, -0.05) is 41.5 Å². The zero-order valence-corrected chi connectivity index (χ0v) is 15.6. The van der Waals surface area contributed by atoms with Gasteiger partial charge in [0.15, 0.2) is 0 Å². The van der Waals surface area contributed by atoms with Gasteiger partial charge in [-0.2, -0.15) is 0 Å². The second-order valence-electron chi connectivity index (χ2n) is 6.45. The summed E-state index contributed by atoms with van der Waals surface area (Å²) in [5, 5.41) is 3.44. The fraction of sp³-hybridized carbons (Fsp3) is 0.143. The summed E-state index contributed by atoms with van der Waals surface area (Å²) in [7, 11) is 0. The first kappa shape index (κ1) is 19.0. The largest absolute Gasteiger partial charge is 0.343 e. The van der Waals surface area contributed by atoms with Crippen LogP contribution in [0.25, 0.3) is 10.9 Å². The van der Waals surface area contributed by atoms with Crippen LogP contribution in [0.1, 0.15) is 32.0 Å². The number of fused-ring (bicyclic) bond motifs is 1. The minimum atomic E-state index is -0.549. The van der Waals surface area contributed by atoms with Crippen molar-refractivity contribution in [3.8, 4) is 0 Å². The lowest BCUT2D eigenvalue weighted by molar-refractivity contribution is -0.120. The van der Waals surface area contributed by atoms with E-state index in [-0.39, 0.29) is 18.1 Å². The standard InChI is InChI=1S/C21H20N4O3/c1-13-9-14(2)11-16(10-13)20(27)22-12-19(26)24-25-21(28)18-8-7-15-5-3-4-6-17(15)23-18/h3-11H,12H2,1-2H3,(H,22,27)(H,24,26)(H,25,28). The Balaban J connectivity index is 1.51. The number of carbonyl (C=O) groups excluding carboxylic acids is 3. The molecule has 1 aromatic heterocycles. The summed E-state index contributed by atoms with van der Waals surface area (Å²) < 4.78 is 0. The second-order valence-corrected chi connectivity index (χ2v) is 6.45. The van der Waals surface area contributed by atoms with Gasteiger partial charge in [0, 0.05) is 10.9 Å². The number of carbonyl (C=O) groups is 3. The molecule has 0 radical (unpaired) electrons. The Labute approximate surface area is 162 Å². The third-order valence-electron chi connectivity index (χ3n) is 4.04. The number of hydrogen-bond acceptors (Lipinski definition) is 4. The smallest absolute Gasteiger partial charge is 0.288 e. The van der Waals surface area contributed by atoms with Crippen molar-refractivity contribution >= 4 is 28.6 Å². The molecule has 0 unspecified atom stereocenters. The molecular formula is C21H20N4O3. The van der Waals surface area contributed by atoms with Crippen LogP contribution in [0, 0.1) is 13.8 Å². The lowest BCUT2D eigenvalue weighted by Crippen LogP contribution is -2.46. The molecule has 0 fully saturated rings. The number of aryl methyl sites for hydroxylation is 2. The second kappa shape index (κ2) is 8.30. The molecule has 0 saturated heterocycles. The molecule has 142 valence electrons. The fourth-order valence-corrected chi connectivity index (χ4v) is 2.80. The van der Waals surface area contributed by atoms with Crippen molar-refractivity contribution in [1.82, 2.24) is 21.2 Å². The molecule has 3 N–H and O–H groups in total. The average Bonchev–Trinajstić information content (AvgIpc) is 2.69.